The number of hydrogen-bond donors (Lipinski definition) is 0. The average Bonchev–Trinajstić information content (AvgIpc) is 2.49. The summed E-state index contributed by atoms with van der Waals surface area (Å²) in [4.78, 5) is 15.6. The first kappa shape index (κ1) is 17.0. The monoisotopic (exact) mass is 294 g/mol. The molecule has 2 aliphatic rings. The Morgan fingerprint density at radius 2 is 1.48 bits per heavy atom. The van der Waals surface area contributed by atoms with Crippen LogP contribution in [0.1, 0.15) is 58.8 Å². The van der Waals surface area contributed by atoms with E-state index in [1.54, 1.807) is 0 Å². The maximum Gasteiger partial charge on any atom is 0.120 e. The molecule has 1 spiro atoms. The molecule has 2 rings (SSSR count). The Labute approximate surface area is 131 Å². The van der Waals surface area contributed by atoms with Crippen molar-refractivity contribution >= 4 is 6.29 Å². The average molecular weight is 294 g/mol. The van der Waals surface area contributed by atoms with Gasteiger partial charge in [-0.2, -0.15) is 0 Å². The molecular weight excluding hydrogens is 260 g/mol. The van der Waals surface area contributed by atoms with Gasteiger partial charge in [0.1, 0.15) is 6.29 Å². The van der Waals surface area contributed by atoms with Crippen LogP contribution in [0.2, 0.25) is 0 Å². The summed E-state index contributed by atoms with van der Waals surface area (Å²) in [7, 11) is 0. The molecule has 0 aromatic heterocycles. The van der Waals surface area contributed by atoms with E-state index in [1.807, 2.05) is 0 Å². The number of likely N-dealkylation sites (tertiary alicyclic amines) is 2. The van der Waals surface area contributed by atoms with Crippen molar-refractivity contribution in [1.82, 2.24) is 9.80 Å². The summed E-state index contributed by atoms with van der Waals surface area (Å²) in [5, 5.41) is 0. The van der Waals surface area contributed by atoms with Gasteiger partial charge in [0.25, 0.3) is 0 Å². The molecule has 0 aliphatic carbocycles. The molecule has 0 saturated carbocycles. The van der Waals surface area contributed by atoms with E-state index in [9.17, 15) is 4.79 Å². The Kier molecular flexibility index (Phi) is 6.69. The second-order valence-corrected chi connectivity index (χ2v) is 7.67. The zero-order valence-electron chi connectivity index (χ0n) is 14.1. The largest absolute Gasteiger partial charge is 0.303 e. The molecule has 21 heavy (non-hydrogen) atoms. The highest BCUT2D eigenvalue weighted by Crippen LogP contribution is 2.41. The normalized spacial score (nSPS) is 23.8. The van der Waals surface area contributed by atoms with Crippen LogP contribution in [-0.4, -0.2) is 55.4 Å². The van der Waals surface area contributed by atoms with Crippen LogP contribution < -0.4 is 0 Å². The number of hydrogen-bond acceptors (Lipinski definition) is 3. The molecule has 0 amide bonds. The Bertz CT molecular complexity index is 298. The van der Waals surface area contributed by atoms with Gasteiger partial charge in [-0.15, -0.1) is 0 Å². The van der Waals surface area contributed by atoms with Gasteiger partial charge >= 0.3 is 0 Å². The predicted octanol–water partition coefficient (Wildman–Crippen LogP) is 3.19. The minimum atomic E-state index is 0.648. The molecule has 0 aromatic rings. The maximum atomic E-state index is 10.4. The molecule has 122 valence electrons. The van der Waals surface area contributed by atoms with Crippen LogP contribution in [0.3, 0.4) is 0 Å². The highest BCUT2D eigenvalue weighted by Gasteiger charge is 2.37. The first-order chi connectivity index (χ1) is 10.1. The third kappa shape index (κ3) is 5.37. The van der Waals surface area contributed by atoms with Crippen LogP contribution in [0.4, 0.5) is 0 Å². The van der Waals surface area contributed by atoms with E-state index in [2.05, 4.69) is 23.6 Å². The van der Waals surface area contributed by atoms with Crippen molar-refractivity contribution in [3.63, 3.8) is 0 Å². The van der Waals surface area contributed by atoms with Gasteiger partial charge in [0.05, 0.1) is 0 Å². The summed E-state index contributed by atoms with van der Waals surface area (Å²) in [6.45, 7) is 12.2. The topological polar surface area (TPSA) is 23.6 Å². The smallest absolute Gasteiger partial charge is 0.120 e. The molecule has 2 fully saturated rings. The van der Waals surface area contributed by atoms with E-state index in [4.69, 9.17) is 0 Å². The number of carbonyl (C=O) groups is 1. The quantitative estimate of drug-likeness (QED) is 0.532. The van der Waals surface area contributed by atoms with E-state index in [0.717, 1.165) is 31.6 Å². The van der Waals surface area contributed by atoms with Crippen LogP contribution >= 0.6 is 0 Å². The molecule has 2 saturated heterocycles. The van der Waals surface area contributed by atoms with Gasteiger partial charge in [-0.3, -0.25) is 0 Å². The van der Waals surface area contributed by atoms with Crippen molar-refractivity contribution in [1.29, 1.82) is 0 Å². The Morgan fingerprint density at radius 1 is 0.952 bits per heavy atom. The molecule has 0 N–H and O–H groups in total. The SMILES string of the molecule is CC(C)CCN1CCC2(CCN(CCCC=O)CC2)CC1. The van der Waals surface area contributed by atoms with Gasteiger partial charge in [0.2, 0.25) is 0 Å². The highest BCUT2D eigenvalue weighted by atomic mass is 16.1. The Hall–Kier alpha value is -0.410. The summed E-state index contributed by atoms with van der Waals surface area (Å²) in [5.41, 5.74) is 0.648. The molecule has 0 atom stereocenters. The molecule has 2 aliphatic heterocycles. The summed E-state index contributed by atoms with van der Waals surface area (Å²) >= 11 is 0. The third-order valence-electron chi connectivity index (χ3n) is 5.65. The summed E-state index contributed by atoms with van der Waals surface area (Å²) in [5.74, 6) is 0.829. The standard InChI is InChI=1S/C18H34N2O/c1-17(2)5-11-20-14-8-18(9-15-20)6-12-19(13-7-18)10-3-4-16-21/h16-17H,3-15H2,1-2H3. The zero-order chi connectivity index (χ0) is 15.1. The van der Waals surface area contributed by atoms with Crippen molar-refractivity contribution < 1.29 is 4.79 Å². The van der Waals surface area contributed by atoms with Crippen molar-refractivity contribution in [3.8, 4) is 0 Å². The number of unbranched alkanes of at least 4 members (excludes halogenated alkanes) is 1. The Balaban J connectivity index is 1.66. The summed E-state index contributed by atoms with van der Waals surface area (Å²) in [6, 6.07) is 0. The number of aldehydes is 1. The fourth-order valence-corrected chi connectivity index (χ4v) is 3.84. The fraction of sp³-hybridized carbons (Fsp3) is 0.944. The highest BCUT2D eigenvalue weighted by molar-refractivity contribution is 5.48. The van der Waals surface area contributed by atoms with E-state index >= 15 is 0 Å². The van der Waals surface area contributed by atoms with Gasteiger partial charge in [-0.05, 0) is 89.1 Å². The van der Waals surface area contributed by atoms with Crippen molar-refractivity contribution in [2.45, 2.75) is 58.8 Å². The lowest BCUT2D eigenvalue weighted by atomic mass is 9.71. The molecule has 3 nitrogen and oxygen atoms in total. The Morgan fingerprint density at radius 3 is 1.95 bits per heavy atom. The van der Waals surface area contributed by atoms with E-state index in [1.165, 1.54) is 64.8 Å². The van der Waals surface area contributed by atoms with E-state index < -0.39 is 0 Å². The number of carbonyl (C=O) groups excluding carboxylic acids is 1. The minimum Gasteiger partial charge on any atom is -0.303 e. The lowest BCUT2D eigenvalue weighted by Gasteiger charge is -2.47. The second kappa shape index (κ2) is 8.28. The van der Waals surface area contributed by atoms with E-state index in [0.29, 0.717) is 5.41 Å². The van der Waals surface area contributed by atoms with Crippen molar-refractivity contribution in [2.24, 2.45) is 11.3 Å². The number of piperidine rings is 2. The molecular formula is C18H34N2O. The fourth-order valence-electron chi connectivity index (χ4n) is 3.84. The van der Waals surface area contributed by atoms with Gasteiger partial charge in [0, 0.05) is 6.42 Å². The molecule has 3 heteroatoms. The molecule has 0 unspecified atom stereocenters. The predicted molar refractivity (Wildman–Crippen MR) is 88.5 cm³/mol. The molecule has 0 radical (unpaired) electrons. The van der Waals surface area contributed by atoms with Gasteiger partial charge in [0.15, 0.2) is 0 Å². The molecule has 2 heterocycles. The van der Waals surface area contributed by atoms with Crippen molar-refractivity contribution in [3.05, 3.63) is 0 Å². The lowest BCUT2D eigenvalue weighted by Crippen LogP contribution is -2.47. The first-order valence-corrected chi connectivity index (χ1v) is 9.02. The van der Waals surface area contributed by atoms with E-state index in [-0.39, 0.29) is 0 Å². The van der Waals surface area contributed by atoms with Crippen LogP contribution in [0.15, 0.2) is 0 Å². The number of rotatable bonds is 7. The molecule has 0 aromatic carbocycles. The van der Waals surface area contributed by atoms with Crippen LogP contribution in [0.25, 0.3) is 0 Å². The van der Waals surface area contributed by atoms with Crippen LogP contribution in [0.5, 0.6) is 0 Å². The summed E-state index contributed by atoms with van der Waals surface area (Å²) < 4.78 is 0. The second-order valence-electron chi connectivity index (χ2n) is 7.67. The lowest BCUT2D eigenvalue weighted by molar-refractivity contribution is -0.108. The van der Waals surface area contributed by atoms with Gasteiger partial charge in [-0.25, -0.2) is 0 Å². The van der Waals surface area contributed by atoms with Gasteiger partial charge in [-0.1, -0.05) is 13.8 Å². The third-order valence-corrected chi connectivity index (χ3v) is 5.65. The van der Waals surface area contributed by atoms with Crippen LogP contribution in [0, 0.1) is 11.3 Å². The maximum absolute atomic E-state index is 10.4. The summed E-state index contributed by atoms with van der Waals surface area (Å²) in [6.07, 6.45) is 9.75. The van der Waals surface area contributed by atoms with Gasteiger partial charge < -0.3 is 14.6 Å². The minimum absolute atomic E-state index is 0.648. The number of nitrogens with zero attached hydrogens (tertiary/aromatic N) is 2. The van der Waals surface area contributed by atoms with Crippen molar-refractivity contribution in [2.75, 3.05) is 39.3 Å². The molecule has 0 bridgehead atoms. The zero-order valence-corrected chi connectivity index (χ0v) is 14.1. The first-order valence-electron chi connectivity index (χ1n) is 9.02. The van der Waals surface area contributed by atoms with Crippen LogP contribution in [-0.2, 0) is 4.79 Å².